The van der Waals surface area contributed by atoms with Gasteiger partial charge in [-0.2, -0.15) is 0 Å². The zero-order valence-electron chi connectivity index (χ0n) is 12.9. The van der Waals surface area contributed by atoms with Gasteiger partial charge < -0.3 is 19.9 Å². The Balaban J connectivity index is 2.01. The summed E-state index contributed by atoms with van der Waals surface area (Å²) in [6.45, 7) is 2.52. The molecule has 0 saturated carbocycles. The smallest absolute Gasteiger partial charge is 0.305 e. The van der Waals surface area contributed by atoms with E-state index < -0.39 is 17.6 Å². The number of nitrogens with one attached hydrogen (secondary N) is 1. The molecular formula is C16H20BrNO5. The van der Waals surface area contributed by atoms with Gasteiger partial charge in [0.1, 0.15) is 5.75 Å². The molecule has 2 rings (SSSR count). The topological polar surface area (TPSA) is 84.9 Å². The molecule has 1 aromatic rings. The van der Waals surface area contributed by atoms with Crippen LogP contribution in [0.3, 0.4) is 0 Å². The molecule has 1 atom stereocenters. The molecule has 6 nitrogen and oxygen atoms in total. The van der Waals surface area contributed by atoms with Crippen LogP contribution in [0.15, 0.2) is 28.7 Å². The van der Waals surface area contributed by atoms with Crippen molar-refractivity contribution in [3.63, 3.8) is 0 Å². The van der Waals surface area contributed by atoms with Crippen LogP contribution in [0.4, 0.5) is 0 Å². The number of rotatable bonds is 6. The molecule has 0 aromatic heterocycles. The second-order valence-electron chi connectivity index (χ2n) is 5.67. The first-order valence-electron chi connectivity index (χ1n) is 7.44. The van der Waals surface area contributed by atoms with Crippen LogP contribution in [0.2, 0.25) is 0 Å². The van der Waals surface area contributed by atoms with Crippen molar-refractivity contribution in [2.75, 3.05) is 13.2 Å². The number of carboxylic acid groups (broad SMARTS) is 1. The molecule has 2 N–H and O–H groups in total. The molecule has 1 unspecified atom stereocenters. The van der Waals surface area contributed by atoms with Crippen LogP contribution >= 0.6 is 15.9 Å². The van der Waals surface area contributed by atoms with Crippen molar-refractivity contribution in [1.82, 2.24) is 5.32 Å². The van der Waals surface area contributed by atoms with E-state index >= 15 is 0 Å². The number of halogens is 1. The molecule has 1 aliphatic rings. The molecule has 1 aliphatic heterocycles. The molecule has 0 bridgehead atoms. The predicted octanol–water partition coefficient (Wildman–Crippen LogP) is 2.36. The van der Waals surface area contributed by atoms with E-state index in [2.05, 4.69) is 21.2 Å². The molecule has 1 saturated heterocycles. The fourth-order valence-corrected chi connectivity index (χ4v) is 2.94. The van der Waals surface area contributed by atoms with Crippen molar-refractivity contribution in [2.45, 2.75) is 37.8 Å². The lowest BCUT2D eigenvalue weighted by Gasteiger charge is -2.37. The maximum Gasteiger partial charge on any atom is 0.305 e. The summed E-state index contributed by atoms with van der Waals surface area (Å²) < 4.78 is 11.8. The Morgan fingerprint density at radius 1 is 1.43 bits per heavy atom. The highest BCUT2D eigenvalue weighted by atomic mass is 79.9. The van der Waals surface area contributed by atoms with E-state index in [0.717, 1.165) is 4.47 Å². The number of benzene rings is 1. The first kappa shape index (κ1) is 17.7. The average molecular weight is 386 g/mol. The van der Waals surface area contributed by atoms with Gasteiger partial charge >= 0.3 is 5.97 Å². The molecule has 0 aliphatic carbocycles. The predicted molar refractivity (Wildman–Crippen MR) is 87.4 cm³/mol. The highest BCUT2D eigenvalue weighted by Crippen LogP contribution is 2.25. The Morgan fingerprint density at radius 2 is 2.13 bits per heavy atom. The van der Waals surface area contributed by atoms with Gasteiger partial charge in [-0.3, -0.25) is 9.59 Å². The number of carbonyl (C=O) groups excluding carboxylic acids is 1. The Hall–Kier alpha value is -1.60. The minimum absolute atomic E-state index is 0.119. The van der Waals surface area contributed by atoms with Crippen molar-refractivity contribution in [3.8, 4) is 5.75 Å². The van der Waals surface area contributed by atoms with Gasteiger partial charge in [-0.15, -0.1) is 0 Å². The Kier molecular flexibility index (Phi) is 6.01. The summed E-state index contributed by atoms with van der Waals surface area (Å²) in [6, 6.07) is 7.21. The maximum absolute atomic E-state index is 12.4. The number of carbonyl (C=O) groups is 2. The van der Waals surface area contributed by atoms with Gasteiger partial charge in [0.05, 0.1) is 12.0 Å². The molecular weight excluding hydrogens is 366 g/mol. The van der Waals surface area contributed by atoms with Gasteiger partial charge in [0, 0.05) is 17.7 Å². The monoisotopic (exact) mass is 385 g/mol. The van der Waals surface area contributed by atoms with Crippen molar-refractivity contribution >= 4 is 27.8 Å². The van der Waals surface area contributed by atoms with Gasteiger partial charge in [0.2, 0.25) is 0 Å². The van der Waals surface area contributed by atoms with Crippen molar-refractivity contribution in [3.05, 3.63) is 28.7 Å². The number of aliphatic carboxylic acids is 1. The first-order valence-corrected chi connectivity index (χ1v) is 8.23. The van der Waals surface area contributed by atoms with E-state index in [-0.39, 0.29) is 12.3 Å². The largest absolute Gasteiger partial charge is 0.481 e. The van der Waals surface area contributed by atoms with Crippen LogP contribution in [0, 0.1) is 0 Å². The maximum atomic E-state index is 12.4. The highest BCUT2D eigenvalue weighted by molar-refractivity contribution is 9.10. The van der Waals surface area contributed by atoms with Crippen LogP contribution in [0.1, 0.15) is 26.2 Å². The first-order chi connectivity index (χ1) is 10.9. The number of hydrogen-bond acceptors (Lipinski definition) is 4. The Morgan fingerprint density at radius 3 is 2.74 bits per heavy atom. The summed E-state index contributed by atoms with van der Waals surface area (Å²) in [6.07, 6.45) is 0.118. The third-order valence-electron chi connectivity index (χ3n) is 3.81. The number of hydrogen-bond donors (Lipinski definition) is 2. The van der Waals surface area contributed by atoms with E-state index in [9.17, 15) is 9.59 Å². The molecule has 7 heteroatoms. The zero-order valence-corrected chi connectivity index (χ0v) is 14.5. The Bertz CT molecular complexity index is 571. The Labute approximate surface area is 143 Å². The summed E-state index contributed by atoms with van der Waals surface area (Å²) in [5, 5.41) is 12.0. The minimum Gasteiger partial charge on any atom is -0.481 e. The fourth-order valence-electron chi connectivity index (χ4n) is 2.56. The van der Waals surface area contributed by atoms with Crippen LogP contribution in [0.25, 0.3) is 0 Å². The van der Waals surface area contributed by atoms with Crippen molar-refractivity contribution in [1.29, 1.82) is 0 Å². The lowest BCUT2D eigenvalue weighted by molar-refractivity contribution is -0.141. The van der Waals surface area contributed by atoms with E-state index in [0.29, 0.717) is 31.8 Å². The fraction of sp³-hybridized carbons (Fsp3) is 0.500. The molecule has 0 radical (unpaired) electrons. The summed E-state index contributed by atoms with van der Waals surface area (Å²) in [5.41, 5.74) is -0.768. The SMILES string of the molecule is CC(Oc1cccc(Br)c1)C(=O)NC1(CC(=O)O)CCOCC1. The summed E-state index contributed by atoms with van der Waals surface area (Å²) in [5.74, 6) is -0.692. The average Bonchev–Trinajstić information content (AvgIpc) is 2.47. The number of carboxylic acids is 1. The highest BCUT2D eigenvalue weighted by Gasteiger charge is 2.37. The molecule has 23 heavy (non-hydrogen) atoms. The third kappa shape index (κ3) is 5.21. The van der Waals surface area contributed by atoms with Crippen molar-refractivity contribution in [2.24, 2.45) is 0 Å². The molecule has 126 valence electrons. The molecule has 0 spiro atoms. The third-order valence-corrected chi connectivity index (χ3v) is 4.30. The van der Waals surface area contributed by atoms with Crippen LogP contribution in [-0.2, 0) is 14.3 Å². The lowest BCUT2D eigenvalue weighted by atomic mass is 9.86. The standard InChI is InChI=1S/C16H20BrNO5/c1-11(23-13-4-2-3-12(17)9-13)15(21)18-16(10-14(19)20)5-7-22-8-6-16/h2-4,9,11H,5-8,10H2,1H3,(H,18,21)(H,19,20). The lowest BCUT2D eigenvalue weighted by Crippen LogP contribution is -2.56. The van der Waals surface area contributed by atoms with E-state index in [1.54, 1.807) is 19.1 Å². The second kappa shape index (κ2) is 7.79. The van der Waals surface area contributed by atoms with E-state index in [1.807, 2.05) is 12.1 Å². The normalized spacial score (nSPS) is 18.0. The van der Waals surface area contributed by atoms with E-state index in [4.69, 9.17) is 14.6 Å². The van der Waals surface area contributed by atoms with Gasteiger partial charge in [0.25, 0.3) is 5.91 Å². The molecule has 1 fully saturated rings. The van der Waals surface area contributed by atoms with Crippen LogP contribution in [0.5, 0.6) is 5.75 Å². The van der Waals surface area contributed by atoms with Gasteiger partial charge in [-0.05, 0) is 38.0 Å². The van der Waals surface area contributed by atoms with Gasteiger partial charge in [-0.25, -0.2) is 0 Å². The molecule has 1 amide bonds. The van der Waals surface area contributed by atoms with Crippen molar-refractivity contribution < 1.29 is 24.2 Å². The minimum atomic E-state index is -0.937. The summed E-state index contributed by atoms with van der Waals surface area (Å²) in [7, 11) is 0. The second-order valence-corrected chi connectivity index (χ2v) is 6.59. The number of amides is 1. The van der Waals surface area contributed by atoms with E-state index in [1.165, 1.54) is 0 Å². The summed E-state index contributed by atoms with van der Waals surface area (Å²) in [4.78, 5) is 23.5. The quantitative estimate of drug-likeness (QED) is 0.784. The zero-order chi connectivity index (χ0) is 16.9. The molecule has 1 heterocycles. The summed E-state index contributed by atoms with van der Waals surface area (Å²) >= 11 is 3.34. The van der Waals surface area contributed by atoms with Gasteiger partial charge in [-0.1, -0.05) is 22.0 Å². The van der Waals surface area contributed by atoms with Crippen LogP contribution < -0.4 is 10.1 Å². The molecule has 1 aromatic carbocycles. The number of ether oxygens (including phenoxy) is 2. The van der Waals surface area contributed by atoms with Crippen LogP contribution in [-0.4, -0.2) is 41.8 Å². The van der Waals surface area contributed by atoms with Gasteiger partial charge in [0.15, 0.2) is 6.10 Å².